The van der Waals surface area contributed by atoms with Gasteiger partial charge in [0.25, 0.3) is 5.56 Å². The van der Waals surface area contributed by atoms with Gasteiger partial charge in [0.05, 0.1) is 13.0 Å². The standard InChI is InChI=1S/C13H18N4O3S/c1-4-16(9(3)6-12(19)20)7-10-15-17-11(18)5-8(2)14-13(17)21-10/h5,9H,4,6-7H2,1-3H3,(H,19,20). The molecule has 0 spiro atoms. The van der Waals surface area contributed by atoms with E-state index in [1.807, 2.05) is 18.7 Å². The van der Waals surface area contributed by atoms with Gasteiger partial charge in [0.1, 0.15) is 5.01 Å². The fourth-order valence-electron chi connectivity index (χ4n) is 2.16. The summed E-state index contributed by atoms with van der Waals surface area (Å²) in [6.07, 6.45) is 0.0794. The zero-order valence-corrected chi connectivity index (χ0v) is 13.1. The van der Waals surface area contributed by atoms with E-state index in [9.17, 15) is 9.59 Å². The van der Waals surface area contributed by atoms with Crippen molar-refractivity contribution in [3.63, 3.8) is 0 Å². The van der Waals surface area contributed by atoms with Gasteiger partial charge in [0.2, 0.25) is 4.96 Å². The largest absolute Gasteiger partial charge is 0.481 e. The van der Waals surface area contributed by atoms with Gasteiger partial charge in [-0.05, 0) is 20.4 Å². The quantitative estimate of drug-likeness (QED) is 0.861. The molecule has 0 bridgehead atoms. The smallest absolute Gasteiger partial charge is 0.304 e. The van der Waals surface area contributed by atoms with Gasteiger partial charge < -0.3 is 5.11 Å². The lowest BCUT2D eigenvalue weighted by Gasteiger charge is -2.25. The van der Waals surface area contributed by atoms with Crippen molar-refractivity contribution in [1.82, 2.24) is 19.5 Å². The predicted octanol–water partition coefficient (Wildman–Crippen LogP) is 1.14. The molecule has 1 unspecified atom stereocenters. The van der Waals surface area contributed by atoms with Gasteiger partial charge in [0.15, 0.2) is 0 Å². The van der Waals surface area contributed by atoms with Crippen LogP contribution in [0.2, 0.25) is 0 Å². The summed E-state index contributed by atoms with van der Waals surface area (Å²) in [6.45, 7) is 6.84. The van der Waals surface area contributed by atoms with E-state index >= 15 is 0 Å². The average Bonchev–Trinajstić information content (AvgIpc) is 2.77. The third kappa shape index (κ3) is 3.64. The van der Waals surface area contributed by atoms with Crippen molar-refractivity contribution in [3.05, 3.63) is 27.1 Å². The molecule has 0 aliphatic carbocycles. The van der Waals surface area contributed by atoms with E-state index in [0.29, 0.717) is 23.7 Å². The molecule has 2 aromatic rings. The summed E-state index contributed by atoms with van der Waals surface area (Å²) in [7, 11) is 0. The Morgan fingerprint density at radius 1 is 1.57 bits per heavy atom. The highest BCUT2D eigenvalue weighted by Gasteiger charge is 2.18. The van der Waals surface area contributed by atoms with Gasteiger partial charge in [-0.3, -0.25) is 14.5 Å². The van der Waals surface area contributed by atoms with Gasteiger partial charge in [-0.2, -0.15) is 9.61 Å². The lowest BCUT2D eigenvalue weighted by molar-refractivity contribution is -0.138. The number of aryl methyl sites for hydroxylation is 1. The van der Waals surface area contributed by atoms with Crippen LogP contribution >= 0.6 is 11.3 Å². The Balaban J connectivity index is 2.24. The molecule has 2 rings (SSSR count). The molecule has 7 nitrogen and oxygen atoms in total. The second-order valence-electron chi connectivity index (χ2n) is 4.94. The number of rotatable bonds is 6. The van der Waals surface area contributed by atoms with Crippen molar-refractivity contribution in [2.75, 3.05) is 6.54 Å². The molecule has 114 valence electrons. The first kappa shape index (κ1) is 15.6. The number of nitrogens with zero attached hydrogens (tertiary/aromatic N) is 4. The molecule has 0 aliphatic heterocycles. The summed E-state index contributed by atoms with van der Waals surface area (Å²) in [5, 5.41) is 13.9. The molecule has 0 aliphatic rings. The van der Waals surface area contributed by atoms with Crippen molar-refractivity contribution in [2.24, 2.45) is 0 Å². The van der Waals surface area contributed by atoms with Gasteiger partial charge in [-0.15, -0.1) is 0 Å². The highest BCUT2D eigenvalue weighted by atomic mass is 32.1. The van der Waals surface area contributed by atoms with Crippen molar-refractivity contribution >= 4 is 22.3 Å². The molecule has 0 radical (unpaired) electrons. The summed E-state index contributed by atoms with van der Waals surface area (Å²) >= 11 is 1.36. The summed E-state index contributed by atoms with van der Waals surface area (Å²) < 4.78 is 1.29. The van der Waals surface area contributed by atoms with Crippen LogP contribution < -0.4 is 5.56 Å². The number of aromatic nitrogens is 3. The van der Waals surface area contributed by atoms with Crippen LogP contribution in [0.4, 0.5) is 0 Å². The minimum atomic E-state index is -0.821. The molecule has 0 saturated carbocycles. The molecule has 2 aromatic heterocycles. The fraction of sp³-hybridized carbons (Fsp3) is 0.538. The zero-order chi connectivity index (χ0) is 15.6. The van der Waals surface area contributed by atoms with Crippen LogP contribution in [0.15, 0.2) is 10.9 Å². The molecular weight excluding hydrogens is 292 g/mol. The second kappa shape index (κ2) is 6.31. The highest BCUT2D eigenvalue weighted by molar-refractivity contribution is 7.16. The number of hydrogen-bond acceptors (Lipinski definition) is 6. The van der Waals surface area contributed by atoms with E-state index in [1.54, 1.807) is 6.92 Å². The summed E-state index contributed by atoms with van der Waals surface area (Å²) in [4.78, 5) is 29.5. The maximum absolute atomic E-state index is 11.8. The van der Waals surface area contributed by atoms with E-state index in [-0.39, 0.29) is 18.0 Å². The third-order valence-corrected chi connectivity index (χ3v) is 4.15. The lowest BCUT2D eigenvalue weighted by atomic mass is 10.2. The van der Waals surface area contributed by atoms with Gasteiger partial charge in [-0.1, -0.05) is 18.3 Å². The molecule has 8 heteroatoms. The number of carbonyl (C=O) groups is 1. The minimum Gasteiger partial charge on any atom is -0.481 e. The fourth-order valence-corrected chi connectivity index (χ4v) is 3.13. The maximum Gasteiger partial charge on any atom is 0.304 e. The minimum absolute atomic E-state index is 0.0794. The van der Waals surface area contributed by atoms with Crippen LogP contribution in [0.3, 0.4) is 0 Å². The average molecular weight is 310 g/mol. The summed E-state index contributed by atoms with van der Waals surface area (Å²) in [5.74, 6) is -0.821. The number of hydrogen-bond donors (Lipinski definition) is 1. The van der Waals surface area contributed by atoms with E-state index in [1.165, 1.54) is 21.9 Å². The Kier molecular flexibility index (Phi) is 4.69. The first-order valence-electron chi connectivity index (χ1n) is 6.73. The summed E-state index contributed by atoms with van der Waals surface area (Å²) in [6, 6.07) is 1.35. The van der Waals surface area contributed by atoms with E-state index < -0.39 is 5.97 Å². The van der Waals surface area contributed by atoms with Crippen LogP contribution in [-0.2, 0) is 11.3 Å². The highest BCUT2D eigenvalue weighted by Crippen LogP contribution is 2.16. The topological polar surface area (TPSA) is 87.8 Å². The number of fused-ring (bicyclic) bond motifs is 1. The number of carboxylic acid groups (broad SMARTS) is 1. The molecule has 0 saturated heterocycles. The summed E-state index contributed by atoms with van der Waals surface area (Å²) in [5.41, 5.74) is 0.475. The van der Waals surface area contributed by atoms with Gasteiger partial charge in [-0.25, -0.2) is 4.98 Å². The van der Waals surface area contributed by atoms with Gasteiger partial charge in [0, 0.05) is 17.8 Å². The Morgan fingerprint density at radius 3 is 2.90 bits per heavy atom. The normalized spacial score (nSPS) is 13.0. The molecule has 0 amide bonds. The van der Waals surface area contributed by atoms with Crippen LogP contribution in [0, 0.1) is 6.92 Å². The Labute approximate surface area is 125 Å². The number of aliphatic carboxylic acids is 1. The van der Waals surface area contributed by atoms with Crippen LogP contribution in [0.1, 0.15) is 31.0 Å². The first-order chi connectivity index (χ1) is 9.90. The van der Waals surface area contributed by atoms with Crippen molar-refractivity contribution in [3.8, 4) is 0 Å². The van der Waals surface area contributed by atoms with Crippen LogP contribution in [-0.4, -0.2) is 43.2 Å². The van der Waals surface area contributed by atoms with E-state index in [2.05, 4.69) is 10.1 Å². The molecule has 1 atom stereocenters. The lowest BCUT2D eigenvalue weighted by Crippen LogP contribution is -2.34. The Bertz CT molecular complexity index is 709. The molecule has 0 aromatic carbocycles. The van der Waals surface area contributed by atoms with Crippen LogP contribution in [0.5, 0.6) is 0 Å². The molecule has 0 fully saturated rings. The Morgan fingerprint density at radius 2 is 2.29 bits per heavy atom. The molecular formula is C13H18N4O3S. The van der Waals surface area contributed by atoms with E-state index in [4.69, 9.17) is 5.11 Å². The number of carboxylic acids is 1. The maximum atomic E-state index is 11.8. The predicted molar refractivity (Wildman–Crippen MR) is 79.7 cm³/mol. The third-order valence-electron chi connectivity index (χ3n) is 3.25. The SMILES string of the molecule is CCN(Cc1nn2c(=O)cc(C)nc2s1)C(C)CC(=O)O. The van der Waals surface area contributed by atoms with Gasteiger partial charge >= 0.3 is 5.97 Å². The van der Waals surface area contributed by atoms with Crippen molar-refractivity contribution < 1.29 is 9.90 Å². The molecule has 1 N–H and O–H groups in total. The van der Waals surface area contributed by atoms with E-state index in [0.717, 1.165) is 5.01 Å². The zero-order valence-electron chi connectivity index (χ0n) is 12.2. The molecule has 21 heavy (non-hydrogen) atoms. The first-order valence-corrected chi connectivity index (χ1v) is 7.54. The van der Waals surface area contributed by atoms with Crippen molar-refractivity contribution in [2.45, 2.75) is 39.8 Å². The Hall–Kier alpha value is -1.80. The second-order valence-corrected chi connectivity index (χ2v) is 5.98. The van der Waals surface area contributed by atoms with Crippen LogP contribution in [0.25, 0.3) is 4.96 Å². The van der Waals surface area contributed by atoms with Crippen molar-refractivity contribution in [1.29, 1.82) is 0 Å². The molecule has 2 heterocycles. The monoisotopic (exact) mass is 310 g/mol.